The molecule has 6 heteroatoms. The molecule has 1 aliphatic rings. The molecule has 0 bridgehead atoms. The normalized spacial score (nSPS) is 16.8. The van der Waals surface area contributed by atoms with Crippen LogP contribution in [0.4, 0.5) is 0 Å². The number of carbonyl (C=O) groups excluding carboxylic acids is 2. The van der Waals surface area contributed by atoms with Crippen LogP contribution in [0.15, 0.2) is 30.5 Å². The number of likely N-dealkylation sites (tertiary alicyclic amines) is 1. The average molecular weight is 342 g/mol. The Kier molecular flexibility index (Phi) is 4.79. The van der Waals surface area contributed by atoms with E-state index in [4.69, 9.17) is 9.47 Å². The van der Waals surface area contributed by atoms with Gasteiger partial charge in [-0.3, -0.25) is 9.59 Å². The van der Waals surface area contributed by atoms with Crippen molar-refractivity contribution >= 4 is 11.7 Å². The summed E-state index contributed by atoms with van der Waals surface area (Å²) in [6, 6.07) is 7.35. The van der Waals surface area contributed by atoms with Gasteiger partial charge in [-0.2, -0.15) is 0 Å². The van der Waals surface area contributed by atoms with Gasteiger partial charge in [0.25, 0.3) is 5.91 Å². The van der Waals surface area contributed by atoms with Crippen LogP contribution in [0.2, 0.25) is 0 Å². The maximum absolute atomic E-state index is 12.9. The average Bonchev–Trinajstić information content (AvgIpc) is 3.30. The minimum absolute atomic E-state index is 0.0172. The molecule has 132 valence electrons. The fourth-order valence-corrected chi connectivity index (χ4v) is 3.29. The standard InChI is InChI=1S/C19H22N2O4/c1-12(22)14-9-15(20-11-14)19(23)21-8-4-5-16(21)13-6-7-17(24-2)18(10-13)25-3/h6-7,9-11,16,20H,4-5,8H2,1-3H3. The molecule has 0 radical (unpaired) electrons. The van der Waals surface area contributed by atoms with Crippen molar-refractivity contribution in [2.45, 2.75) is 25.8 Å². The number of ether oxygens (including phenoxy) is 2. The number of rotatable bonds is 5. The topological polar surface area (TPSA) is 71.6 Å². The molecule has 0 aliphatic carbocycles. The summed E-state index contributed by atoms with van der Waals surface area (Å²) in [4.78, 5) is 29.1. The van der Waals surface area contributed by atoms with E-state index in [1.807, 2.05) is 23.1 Å². The van der Waals surface area contributed by atoms with Gasteiger partial charge >= 0.3 is 0 Å². The summed E-state index contributed by atoms with van der Waals surface area (Å²) in [6.07, 6.45) is 3.41. The number of benzene rings is 1. The molecule has 1 N–H and O–H groups in total. The number of methoxy groups -OCH3 is 2. The van der Waals surface area contributed by atoms with Crippen molar-refractivity contribution in [3.8, 4) is 11.5 Å². The van der Waals surface area contributed by atoms with Gasteiger partial charge in [0.1, 0.15) is 5.69 Å². The first kappa shape index (κ1) is 17.1. The zero-order valence-electron chi connectivity index (χ0n) is 14.7. The molecule has 0 spiro atoms. The van der Waals surface area contributed by atoms with Gasteiger partial charge in [-0.05, 0) is 43.5 Å². The third kappa shape index (κ3) is 3.24. The Hall–Kier alpha value is -2.76. The fourth-order valence-electron chi connectivity index (χ4n) is 3.29. The second-order valence-corrected chi connectivity index (χ2v) is 6.13. The molecule has 1 saturated heterocycles. The molecule has 1 aromatic heterocycles. The molecule has 2 aromatic rings. The Labute approximate surface area is 146 Å². The van der Waals surface area contributed by atoms with Gasteiger partial charge in [-0.15, -0.1) is 0 Å². The van der Waals surface area contributed by atoms with Crippen LogP contribution in [-0.2, 0) is 0 Å². The monoisotopic (exact) mass is 342 g/mol. The van der Waals surface area contributed by atoms with Crippen LogP contribution >= 0.6 is 0 Å². The molecule has 0 saturated carbocycles. The number of amides is 1. The molecule has 1 unspecified atom stereocenters. The Bertz CT molecular complexity index is 796. The molecular weight excluding hydrogens is 320 g/mol. The van der Waals surface area contributed by atoms with E-state index in [0.717, 1.165) is 18.4 Å². The minimum atomic E-state index is -0.0928. The summed E-state index contributed by atoms with van der Waals surface area (Å²) in [5, 5.41) is 0. The van der Waals surface area contributed by atoms with E-state index in [9.17, 15) is 9.59 Å². The van der Waals surface area contributed by atoms with E-state index in [1.54, 1.807) is 26.5 Å². The third-order valence-electron chi connectivity index (χ3n) is 4.63. The molecule has 1 fully saturated rings. The van der Waals surface area contributed by atoms with Gasteiger partial charge < -0.3 is 19.4 Å². The number of carbonyl (C=O) groups is 2. The highest BCUT2D eigenvalue weighted by Crippen LogP contribution is 2.37. The molecule has 6 nitrogen and oxygen atoms in total. The lowest BCUT2D eigenvalue weighted by Crippen LogP contribution is -2.30. The number of nitrogens with one attached hydrogen (secondary N) is 1. The van der Waals surface area contributed by atoms with Crippen molar-refractivity contribution < 1.29 is 19.1 Å². The van der Waals surface area contributed by atoms with Crippen LogP contribution in [0.5, 0.6) is 11.5 Å². The molecule has 1 aromatic carbocycles. The van der Waals surface area contributed by atoms with Crippen LogP contribution in [0.3, 0.4) is 0 Å². The van der Waals surface area contributed by atoms with Crippen LogP contribution in [0, 0.1) is 0 Å². The van der Waals surface area contributed by atoms with Crippen molar-refractivity contribution in [2.75, 3.05) is 20.8 Å². The molecule has 3 rings (SSSR count). The van der Waals surface area contributed by atoms with E-state index < -0.39 is 0 Å². The largest absolute Gasteiger partial charge is 0.493 e. The number of Topliss-reactive ketones (excluding diaryl/α,β-unsaturated/α-hetero) is 1. The number of ketones is 1. The lowest BCUT2D eigenvalue weighted by atomic mass is 10.0. The van der Waals surface area contributed by atoms with Crippen molar-refractivity contribution in [3.63, 3.8) is 0 Å². The Morgan fingerprint density at radius 2 is 1.92 bits per heavy atom. The number of H-pyrrole nitrogens is 1. The summed E-state index contributed by atoms with van der Waals surface area (Å²) >= 11 is 0. The highest BCUT2D eigenvalue weighted by molar-refractivity contribution is 5.99. The van der Waals surface area contributed by atoms with E-state index in [0.29, 0.717) is 29.3 Å². The minimum Gasteiger partial charge on any atom is -0.493 e. The number of aromatic amines is 1. The Balaban J connectivity index is 1.87. The first-order chi connectivity index (χ1) is 12.0. The number of nitrogens with zero attached hydrogens (tertiary/aromatic N) is 1. The zero-order valence-corrected chi connectivity index (χ0v) is 14.7. The van der Waals surface area contributed by atoms with Gasteiger partial charge in [-0.1, -0.05) is 6.07 Å². The van der Waals surface area contributed by atoms with Gasteiger partial charge in [0.2, 0.25) is 0 Å². The van der Waals surface area contributed by atoms with Crippen LogP contribution in [-0.4, -0.2) is 42.3 Å². The molecule has 1 atom stereocenters. The zero-order chi connectivity index (χ0) is 18.0. The summed E-state index contributed by atoms with van der Waals surface area (Å²) in [7, 11) is 3.20. The van der Waals surface area contributed by atoms with Crippen molar-refractivity contribution in [2.24, 2.45) is 0 Å². The predicted octanol–water partition coefficient (Wildman–Crippen LogP) is 3.21. The molecule has 1 aliphatic heterocycles. The van der Waals surface area contributed by atoms with Crippen LogP contribution < -0.4 is 9.47 Å². The Morgan fingerprint density at radius 3 is 2.56 bits per heavy atom. The molecule has 2 heterocycles. The van der Waals surface area contributed by atoms with E-state index in [2.05, 4.69) is 4.98 Å². The maximum atomic E-state index is 12.9. The van der Waals surface area contributed by atoms with Crippen LogP contribution in [0.25, 0.3) is 0 Å². The number of hydrogen-bond acceptors (Lipinski definition) is 4. The van der Waals surface area contributed by atoms with Crippen molar-refractivity contribution in [1.82, 2.24) is 9.88 Å². The van der Waals surface area contributed by atoms with E-state index >= 15 is 0 Å². The Morgan fingerprint density at radius 1 is 1.16 bits per heavy atom. The summed E-state index contributed by atoms with van der Waals surface area (Å²) < 4.78 is 10.7. The smallest absolute Gasteiger partial charge is 0.270 e. The van der Waals surface area contributed by atoms with Crippen molar-refractivity contribution in [1.29, 1.82) is 0 Å². The highest BCUT2D eigenvalue weighted by atomic mass is 16.5. The molecule has 1 amide bonds. The number of aromatic nitrogens is 1. The summed E-state index contributed by atoms with van der Waals surface area (Å²) in [6.45, 7) is 2.17. The van der Waals surface area contributed by atoms with E-state index in [-0.39, 0.29) is 17.7 Å². The molecular formula is C19H22N2O4. The number of hydrogen-bond donors (Lipinski definition) is 1. The van der Waals surface area contributed by atoms with E-state index in [1.165, 1.54) is 6.92 Å². The SMILES string of the molecule is COc1ccc(C2CCCN2C(=O)c2cc(C(C)=O)c[nH]2)cc1OC. The summed E-state index contributed by atoms with van der Waals surface area (Å²) in [5.41, 5.74) is 1.98. The van der Waals surface area contributed by atoms with Gasteiger partial charge in [0.05, 0.1) is 20.3 Å². The predicted molar refractivity (Wildman–Crippen MR) is 93.4 cm³/mol. The first-order valence-corrected chi connectivity index (χ1v) is 8.27. The fraction of sp³-hybridized carbons (Fsp3) is 0.368. The van der Waals surface area contributed by atoms with Gasteiger partial charge in [0.15, 0.2) is 17.3 Å². The maximum Gasteiger partial charge on any atom is 0.270 e. The van der Waals surface area contributed by atoms with Crippen molar-refractivity contribution in [3.05, 3.63) is 47.3 Å². The third-order valence-corrected chi connectivity index (χ3v) is 4.63. The van der Waals surface area contributed by atoms with Crippen LogP contribution in [0.1, 0.15) is 52.2 Å². The quantitative estimate of drug-likeness (QED) is 0.847. The van der Waals surface area contributed by atoms with Gasteiger partial charge in [-0.25, -0.2) is 0 Å². The second kappa shape index (κ2) is 7.01. The van der Waals surface area contributed by atoms with Gasteiger partial charge in [0, 0.05) is 18.3 Å². The lowest BCUT2D eigenvalue weighted by Gasteiger charge is -2.25. The second-order valence-electron chi connectivity index (χ2n) is 6.13. The summed E-state index contributed by atoms with van der Waals surface area (Å²) in [5.74, 6) is 1.16. The molecule has 25 heavy (non-hydrogen) atoms. The first-order valence-electron chi connectivity index (χ1n) is 8.27. The highest BCUT2D eigenvalue weighted by Gasteiger charge is 2.32. The lowest BCUT2D eigenvalue weighted by molar-refractivity contribution is 0.0730.